The Labute approximate surface area is 111 Å². The summed E-state index contributed by atoms with van der Waals surface area (Å²) in [4.78, 5) is 2.42. The summed E-state index contributed by atoms with van der Waals surface area (Å²) >= 11 is 0. The van der Waals surface area contributed by atoms with E-state index in [1.165, 1.54) is 30.5 Å². The second kappa shape index (κ2) is 5.85. The highest BCUT2D eigenvalue weighted by Crippen LogP contribution is 2.26. The molecule has 1 aromatic carbocycles. The molecule has 0 radical (unpaired) electrons. The van der Waals surface area contributed by atoms with Crippen LogP contribution in [0, 0.1) is 5.92 Å². The van der Waals surface area contributed by atoms with Gasteiger partial charge in [0.15, 0.2) is 0 Å². The third kappa shape index (κ3) is 3.56. The van der Waals surface area contributed by atoms with Gasteiger partial charge in [-0.2, -0.15) is 0 Å². The van der Waals surface area contributed by atoms with Gasteiger partial charge in [-0.3, -0.25) is 0 Å². The standard InChI is InChI=1S/C16H26N2/c1-12(2)15-6-4-13(5-7-15)10-18(3)11-14-8-16(17)9-14/h4-7,12,14,16H,8-11,17H2,1-3H3. The SMILES string of the molecule is CC(C)c1ccc(CN(C)CC2CC(N)C2)cc1. The number of hydrogen-bond acceptors (Lipinski definition) is 2. The summed E-state index contributed by atoms with van der Waals surface area (Å²) in [5.74, 6) is 1.44. The monoisotopic (exact) mass is 246 g/mol. The first-order valence-corrected chi connectivity index (χ1v) is 7.07. The minimum atomic E-state index is 0.466. The molecule has 2 heteroatoms. The second-order valence-electron chi connectivity index (χ2n) is 6.19. The molecule has 100 valence electrons. The van der Waals surface area contributed by atoms with E-state index in [4.69, 9.17) is 5.73 Å². The Hall–Kier alpha value is -0.860. The molecular weight excluding hydrogens is 220 g/mol. The lowest BCUT2D eigenvalue weighted by Crippen LogP contribution is -2.41. The zero-order chi connectivity index (χ0) is 13.1. The molecule has 0 unspecified atom stereocenters. The number of rotatable bonds is 5. The van der Waals surface area contributed by atoms with Crippen LogP contribution in [0.15, 0.2) is 24.3 Å². The van der Waals surface area contributed by atoms with E-state index in [-0.39, 0.29) is 0 Å². The lowest BCUT2D eigenvalue weighted by molar-refractivity contribution is 0.178. The summed E-state index contributed by atoms with van der Waals surface area (Å²) in [5, 5.41) is 0. The largest absolute Gasteiger partial charge is 0.328 e. The highest BCUT2D eigenvalue weighted by Gasteiger charge is 2.26. The maximum atomic E-state index is 5.82. The first-order valence-electron chi connectivity index (χ1n) is 7.07. The molecule has 2 N–H and O–H groups in total. The Balaban J connectivity index is 1.81. The van der Waals surface area contributed by atoms with Crippen molar-refractivity contribution < 1.29 is 0 Å². The van der Waals surface area contributed by atoms with Crippen LogP contribution >= 0.6 is 0 Å². The van der Waals surface area contributed by atoms with Crippen molar-refractivity contribution in [2.24, 2.45) is 11.7 Å². The summed E-state index contributed by atoms with van der Waals surface area (Å²) in [5.41, 5.74) is 8.65. The van der Waals surface area contributed by atoms with Crippen LogP contribution in [0.5, 0.6) is 0 Å². The Bertz CT molecular complexity index is 363. The normalized spacial score (nSPS) is 23.4. The van der Waals surface area contributed by atoms with Crippen molar-refractivity contribution in [3.63, 3.8) is 0 Å². The molecule has 1 aliphatic carbocycles. The molecule has 1 aliphatic rings. The Morgan fingerprint density at radius 3 is 2.33 bits per heavy atom. The van der Waals surface area contributed by atoms with Crippen LogP contribution in [-0.2, 0) is 6.54 Å². The van der Waals surface area contributed by atoms with E-state index >= 15 is 0 Å². The zero-order valence-corrected chi connectivity index (χ0v) is 11.9. The van der Waals surface area contributed by atoms with Gasteiger partial charge in [0.05, 0.1) is 0 Å². The number of nitrogens with zero attached hydrogens (tertiary/aromatic N) is 1. The molecule has 0 atom stereocenters. The Kier molecular flexibility index (Phi) is 4.41. The van der Waals surface area contributed by atoms with E-state index in [1.807, 2.05) is 0 Å². The predicted octanol–water partition coefficient (Wildman–Crippen LogP) is 2.98. The summed E-state index contributed by atoms with van der Waals surface area (Å²) in [6, 6.07) is 9.50. The number of nitrogens with two attached hydrogens (primary N) is 1. The van der Waals surface area contributed by atoms with E-state index < -0.39 is 0 Å². The number of hydrogen-bond donors (Lipinski definition) is 1. The molecule has 0 aromatic heterocycles. The minimum absolute atomic E-state index is 0.466. The van der Waals surface area contributed by atoms with Crippen molar-refractivity contribution >= 4 is 0 Å². The Morgan fingerprint density at radius 2 is 1.83 bits per heavy atom. The van der Waals surface area contributed by atoms with Gasteiger partial charge in [0, 0.05) is 19.1 Å². The topological polar surface area (TPSA) is 29.3 Å². The summed E-state index contributed by atoms with van der Waals surface area (Å²) < 4.78 is 0. The molecule has 0 saturated heterocycles. The maximum absolute atomic E-state index is 5.82. The third-order valence-electron chi connectivity index (χ3n) is 3.94. The maximum Gasteiger partial charge on any atom is 0.0230 e. The average molecular weight is 246 g/mol. The van der Waals surface area contributed by atoms with Gasteiger partial charge in [-0.15, -0.1) is 0 Å². The van der Waals surface area contributed by atoms with Gasteiger partial charge in [0.25, 0.3) is 0 Å². The molecule has 1 aromatic rings. The third-order valence-corrected chi connectivity index (χ3v) is 3.94. The minimum Gasteiger partial charge on any atom is -0.328 e. The van der Waals surface area contributed by atoms with Crippen LogP contribution in [0.3, 0.4) is 0 Å². The van der Waals surface area contributed by atoms with Crippen molar-refractivity contribution in [2.45, 2.75) is 45.2 Å². The molecule has 1 fully saturated rings. The van der Waals surface area contributed by atoms with E-state index in [0.29, 0.717) is 12.0 Å². The molecule has 0 spiro atoms. The van der Waals surface area contributed by atoms with Gasteiger partial charge >= 0.3 is 0 Å². The lowest BCUT2D eigenvalue weighted by atomic mass is 9.80. The quantitative estimate of drug-likeness (QED) is 0.865. The van der Waals surface area contributed by atoms with Gasteiger partial charge in [-0.1, -0.05) is 38.1 Å². The fraction of sp³-hybridized carbons (Fsp3) is 0.625. The summed E-state index contributed by atoms with van der Waals surface area (Å²) in [7, 11) is 2.21. The second-order valence-corrected chi connectivity index (χ2v) is 6.19. The fourth-order valence-electron chi connectivity index (χ4n) is 2.76. The fourth-order valence-corrected chi connectivity index (χ4v) is 2.76. The van der Waals surface area contributed by atoms with Crippen LogP contribution in [0.1, 0.15) is 43.7 Å². The Morgan fingerprint density at radius 1 is 1.22 bits per heavy atom. The van der Waals surface area contributed by atoms with Crippen LogP contribution in [0.4, 0.5) is 0 Å². The first-order chi connectivity index (χ1) is 8.54. The van der Waals surface area contributed by atoms with Crippen LogP contribution in [0.25, 0.3) is 0 Å². The van der Waals surface area contributed by atoms with Crippen molar-refractivity contribution in [2.75, 3.05) is 13.6 Å². The molecular formula is C16H26N2. The van der Waals surface area contributed by atoms with Crippen molar-refractivity contribution in [1.29, 1.82) is 0 Å². The number of benzene rings is 1. The van der Waals surface area contributed by atoms with E-state index in [0.717, 1.165) is 12.5 Å². The molecule has 2 nitrogen and oxygen atoms in total. The lowest BCUT2D eigenvalue weighted by Gasteiger charge is -2.35. The smallest absolute Gasteiger partial charge is 0.0230 e. The van der Waals surface area contributed by atoms with Crippen molar-refractivity contribution in [3.8, 4) is 0 Å². The zero-order valence-electron chi connectivity index (χ0n) is 11.9. The molecule has 2 rings (SSSR count). The van der Waals surface area contributed by atoms with E-state index in [9.17, 15) is 0 Å². The van der Waals surface area contributed by atoms with E-state index in [2.05, 4.69) is 50.1 Å². The van der Waals surface area contributed by atoms with Gasteiger partial charge in [-0.25, -0.2) is 0 Å². The van der Waals surface area contributed by atoms with Gasteiger partial charge < -0.3 is 10.6 Å². The predicted molar refractivity (Wildman–Crippen MR) is 77.6 cm³/mol. The highest BCUT2D eigenvalue weighted by molar-refractivity contribution is 5.24. The van der Waals surface area contributed by atoms with Gasteiger partial charge in [0.2, 0.25) is 0 Å². The molecule has 0 heterocycles. The molecule has 1 saturated carbocycles. The summed E-state index contributed by atoms with van der Waals surface area (Å²) in [6.45, 7) is 6.70. The molecule has 18 heavy (non-hydrogen) atoms. The first kappa shape index (κ1) is 13.6. The highest BCUT2D eigenvalue weighted by atomic mass is 15.1. The van der Waals surface area contributed by atoms with Crippen molar-refractivity contribution in [3.05, 3.63) is 35.4 Å². The molecule has 0 amide bonds. The molecule has 0 aliphatic heterocycles. The van der Waals surface area contributed by atoms with Gasteiger partial charge in [-0.05, 0) is 42.9 Å². The molecule has 0 bridgehead atoms. The summed E-state index contributed by atoms with van der Waals surface area (Å²) in [6.07, 6.45) is 2.41. The van der Waals surface area contributed by atoms with Crippen LogP contribution < -0.4 is 5.73 Å². The van der Waals surface area contributed by atoms with Gasteiger partial charge in [0.1, 0.15) is 0 Å². The van der Waals surface area contributed by atoms with E-state index in [1.54, 1.807) is 0 Å². The van der Waals surface area contributed by atoms with Crippen LogP contribution in [-0.4, -0.2) is 24.5 Å². The average Bonchev–Trinajstić information content (AvgIpc) is 2.27. The van der Waals surface area contributed by atoms with Crippen LogP contribution in [0.2, 0.25) is 0 Å². The van der Waals surface area contributed by atoms with Crippen molar-refractivity contribution in [1.82, 2.24) is 4.90 Å².